The number of aromatic nitrogens is 2. The molecule has 0 fully saturated rings. The Kier molecular flexibility index (Phi) is 7.19. The lowest BCUT2D eigenvalue weighted by atomic mass is 10.1. The molecule has 1 aromatic heterocycles. The molecule has 2 aromatic rings. The van der Waals surface area contributed by atoms with Gasteiger partial charge >= 0.3 is 0 Å². The zero-order chi connectivity index (χ0) is 18.1. The second-order valence-electron chi connectivity index (χ2n) is 6.13. The lowest BCUT2D eigenvalue weighted by Crippen LogP contribution is -2.33. The summed E-state index contributed by atoms with van der Waals surface area (Å²) in [6, 6.07) is 9.67. The largest absolute Gasteiger partial charge is 0.354 e. The smallest absolute Gasteiger partial charge is 0.224 e. The maximum Gasteiger partial charge on any atom is 0.224 e. The Morgan fingerprint density at radius 3 is 2.72 bits per heavy atom. The Balaban J connectivity index is 1.67. The van der Waals surface area contributed by atoms with E-state index in [1.54, 1.807) is 6.20 Å². The molecule has 0 saturated carbocycles. The molecule has 2 amide bonds. The van der Waals surface area contributed by atoms with Gasteiger partial charge in [0.05, 0.1) is 0 Å². The molecule has 0 spiro atoms. The summed E-state index contributed by atoms with van der Waals surface area (Å²) in [5, 5.41) is 9.89. The molecule has 2 rings (SSSR count). The van der Waals surface area contributed by atoms with E-state index < -0.39 is 0 Å². The number of hydrogen-bond acceptors (Lipinski definition) is 3. The number of nitrogens with one attached hydrogen (secondary N) is 2. The Bertz CT molecular complexity index is 682. The second-order valence-corrected chi connectivity index (χ2v) is 6.13. The summed E-state index contributed by atoms with van der Waals surface area (Å²) in [4.78, 5) is 23.9. The standard InChI is InChI=1S/C19H26N4O2/c1-3-16-6-4-7-17(14-16)22-19(25)9-8-18(24)21-15(2)10-13-23-12-5-11-20-23/h4-7,11-12,14-15H,3,8-10,13H2,1-2H3,(H,21,24)(H,22,25)/t15-/m0/s1. The Morgan fingerprint density at radius 2 is 2.00 bits per heavy atom. The van der Waals surface area contributed by atoms with Crippen LogP contribution in [0.5, 0.6) is 0 Å². The van der Waals surface area contributed by atoms with E-state index in [0.717, 1.165) is 25.1 Å². The van der Waals surface area contributed by atoms with Crippen LogP contribution in [0.25, 0.3) is 0 Å². The molecule has 0 aliphatic carbocycles. The maximum atomic E-state index is 12.0. The van der Waals surface area contributed by atoms with Crippen molar-refractivity contribution in [3.8, 4) is 0 Å². The number of anilines is 1. The molecule has 134 valence electrons. The van der Waals surface area contributed by atoms with Gasteiger partial charge in [0.2, 0.25) is 11.8 Å². The SMILES string of the molecule is CCc1cccc(NC(=O)CCC(=O)N[C@@H](C)CCn2cccn2)c1. The van der Waals surface area contributed by atoms with Gasteiger partial charge in [-0.1, -0.05) is 19.1 Å². The lowest BCUT2D eigenvalue weighted by molar-refractivity contribution is -0.124. The van der Waals surface area contributed by atoms with Crippen LogP contribution in [0.2, 0.25) is 0 Å². The molecular formula is C19H26N4O2. The predicted octanol–water partition coefficient (Wildman–Crippen LogP) is 2.76. The van der Waals surface area contributed by atoms with Crippen LogP contribution in [-0.2, 0) is 22.6 Å². The van der Waals surface area contributed by atoms with Crippen molar-refractivity contribution >= 4 is 17.5 Å². The minimum atomic E-state index is -0.146. The number of hydrogen-bond donors (Lipinski definition) is 2. The first-order valence-corrected chi connectivity index (χ1v) is 8.72. The summed E-state index contributed by atoms with van der Waals surface area (Å²) in [5.41, 5.74) is 1.94. The fourth-order valence-electron chi connectivity index (χ4n) is 2.50. The number of carbonyl (C=O) groups is 2. The van der Waals surface area contributed by atoms with Crippen molar-refractivity contribution in [2.24, 2.45) is 0 Å². The quantitative estimate of drug-likeness (QED) is 0.736. The minimum Gasteiger partial charge on any atom is -0.354 e. The molecule has 0 bridgehead atoms. The van der Waals surface area contributed by atoms with Gasteiger partial charge in [-0.05, 0) is 43.5 Å². The third kappa shape index (κ3) is 6.79. The summed E-state index contributed by atoms with van der Waals surface area (Å²) in [6.07, 6.45) is 5.70. The molecule has 0 saturated heterocycles. The van der Waals surface area contributed by atoms with Gasteiger partial charge in [0.1, 0.15) is 0 Å². The van der Waals surface area contributed by atoms with E-state index in [-0.39, 0.29) is 30.7 Å². The van der Waals surface area contributed by atoms with Crippen molar-refractivity contribution in [2.75, 3.05) is 5.32 Å². The topological polar surface area (TPSA) is 76.0 Å². The molecule has 0 aliphatic heterocycles. The minimum absolute atomic E-state index is 0.0426. The average Bonchev–Trinajstić information content (AvgIpc) is 3.12. The lowest BCUT2D eigenvalue weighted by Gasteiger charge is -2.14. The zero-order valence-corrected chi connectivity index (χ0v) is 14.9. The van der Waals surface area contributed by atoms with Gasteiger partial charge in [0, 0.05) is 43.5 Å². The van der Waals surface area contributed by atoms with Crippen LogP contribution in [-0.4, -0.2) is 27.6 Å². The molecule has 6 nitrogen and oxygen atoms in total. The highest BCUT2D eigenvalue weighted by atomic mass is 16.2. The first-order valence-electron chi connectivity index (χ1n) is 8.72. The fraction of sp³-hybridized carbons (Fsp3) is 0.421. The molecule has 2 N–H and O–H groups in total. The Hall–Kier alpha value is -2.63. The third-order valence-corrected chi connectivity index (χ3v) is 3.96. The van der Waals surface area contributed by atoms with Crippen LogP contribution in [0.3, 0.4) is 0 Å². The number of benzene rings is 1. The van der Waals surface area contributed by atoms with E-state index >= 15 is 0 Å². The van der Waals surface area contributed by atoms with Crippen molar-refractivity contribution < 1.29 is 9.59 Å². The van der Waals surface area contributed by atoms with Gasteiger partial charge < -0.3 is 10.6 Å². The van der Waals surface area contributed by atoms with Gasteiger partial charge in [-0.3, -0.25) is 14.3 Å². The van der Waals surface area contributed by atoms with E-state index in [0.29, 0.717) is 0 Å². The zero-order valence-electron chi connectivity index (χ0n) is 14.9. The molecule has 0 unspecified atom stereocenters. The second kappa shape index (κ2) is 9.61. The third-order valence-electron chi connectivity index (χ3n) is 3.96. The summed E-state index contributed by atoms with van der Waals surface area (Å²) in [5.74, 6) is -0.252. The average molecular weight is 342 g/mol. The van der Waals surface area contributed by atoms with Crippen molar-refractivity contribution in [2.45, 2.75) is 52.1 Å². The normalized spacial score (nSPS) is 11.8. The van der Waals surface area contributed by atoms with Crippen LogP contribution < -0.4 is 10.6 Å². The molecular weight excluding hydrogens is 316 g/mol. The molecule has 1 heterocycles. The van der Waals surface area contributed by atoms with E-state index in [4.69, 9.17) is 0 Å². The molecule has 25 heavy (non-hydrogen) atoms. The highest BCUT2D eigenvalue weighted by Crippen LogP contribution is 2.11. The predicted molar refractivity (Wildman–Crippen MR) is 98.1 cm³/mol. The van der Waals surface area contributed by atoms with Crippen molar-refractivity contribution in [3.63, 3.8) is 0 Å². The molecule has 0 radical (unpaired) electrons. The first kappa shape index (κ1) is 18.7. The number of carbonyl (C=O) groups excluding carboxylic acids is 2. The Morgan fingerprint density at radius 1 is 1.20 bits per heavy atom. The number of amides is 2. The van der Waals surface area contributed by atoms with Gasteiger partial charge in [0.25, 0.3) is 0 Å². The maximum absolute atomic E-state index is 12.0. The number of aryl methyl sites for hydroxylation is 2. The van der Waals surface area contributed by atoms with Crippen LogP contribution >= 0.6 is 0 Å². The van der Waals surface area contributed by atoms with Crippen molar-refractivity contribution in [3.05, 3.63) is 48.3 Å². The summed E-state index contributed by atoms with van der Waals surface area (Å²) >= 11 is 0. The summed E-state index contributed by atoms with van der Waals surface area (Å²) < 4.78 is 1.83. The van der Waals surface area contributed by atoms with Gasteiger partial charge in [0.15, 0.2) is 0 Å². The highest BCUT2D eigenvalue weighted by Gasteiger charge is 2.10. The number of rotatable bonds is 9. The van der Waals surface area contributed by atoms with Crippen molar-refractivity contribution in [1.82, 2.24) is 15.1 Å². The van der Waals surface area contributed by atoms with E-state index in [1.807, 2.05) is 48.1 Å². The first-order chi connectivity index (χ1) is 12.1. The van der Waals surface area contributed by atoms with Gasteiger partial charge in [-0.25, -0.2) is 0 Å². The molecule has 1 atom stereocenters. The molecule has 6 heteroatoms. The fourth-order valence-corrected chi connectivity index (χ4v) is 2.50. The van der Waals surface area contributed by atoms with E-state index in [2.05, 4.69) is 22.7 Å². The highest BCUT2D eigenvalue weighted by molar-refractivity contribution is 5.93. The monoisotopic (exact) mass is 342 g/mol. The Labute approximate surface area is 148 Å². The van der Waals surface area contributed by atoms with E-state index in [1.165, 1.54) is 5.56 Å². The number of nitrogens with zero attached hydrogens (tertiary/aromatic N) is 2. The van der Waals surface area contributed by atoms with Crippen LogP contribution in [0.15, 0.2) is 42.7 Å². The van der Waals surface area contributed by atoms with Crippen LogP contribution in [0.1, 0.15) is 38.7 Å². The van der Waals surface area contributed by atoms with Crippen molar-refractivity contribution in [1.29, 1.82) is 0 Å². The van der Waals surface area contributed by atoms with Crippen LogP contribution in [0, 0.1) is 0 Å². The molecule has 1 aromatic carbocycles. The molecule has 0 aliphatic rings. The van der Waals surface area contributed by atoms with E-state index in [9.17, 15) is 9.59 Å². The summed E-state index contributed by atoms with van der Waals surface area (Å²) in [6.45, 7) is 4.78. The van der Waals surface area contributed by atoms with Crippen LogP contribution in [0.4, 0.5) is 5.69 Å². The van der Waals surface area contributed by atoms with Gasteiger partial charge in [-0.15, -0.1) is 0 Å². The summed E-state index contributed by atoms with van der Waals surface area (Å²) in [7, 11) is 0. The van der Waals surface area contributed by atoms with Gasteiger partial charge in [-0.2, -0.15) is 5.10 Å².